The normalized spacial score (nSPS) is 42.3. The Hall–Kier alpha value is -1.11. The number of fused-ring (bicyclic) bond motifs is 1. The summed E-state index contributed by atoms with van der Waals surface area (Å²) in [6, 6.07) is 0. The van der Waals surface area contributed by atoms with Crippen molar-refractivity contribution in [2.45, 2.75) is 76.4 Å². The highest BCUT2D eigenvalue weighted by Crippen LogP contribution is 2.54. The highest BCUT2D eigenvalue weighted by Gasteiger charge is 2.70. The summed E-state index contributed by atoms with van der Waals surface area (Å²) in [5.41, 5.74) is -1.25. The standard InChI is InChI=1S/C17H29NO5/c1-6-10(3)22-9-12-14(21)13(20)8-17(18-11(4)19)15(12)23-16(17,5)7-2/h12-15,20-21H,3,6-9H2,1-2,4-5H3,(H,18,19)/t12?,13?,14-,15?,16-,17?/m1/s1. The molecule has 1 saturated carbocycles. The maximum atomic E-state index is 11.8. The third kappa shape index (κ3) is 2.88. The third-order valence-corrected chi connectivity index (χ3v) is 5.52. The number of allylic oxidation sites excluding steroid dienone is 1. The first-order valence-corrected chi connectivity index (χ1v) is 8.34. The molecule has 1 aliphatic heterocycles. The number of hydrogen-bond donors (Lipinski definition) is 3. The van der Waals surface area contributed by atoms with Crippen molar-refractivity contribution in [3.8, 4) is 0 Å². The maximum absolute atomic E-state index is 11.8. The van der Waals surface area contributed by atoms with Crippen LogP contribution in [-0.4, -0.2) is 52.2 Å². The Morgan fingerprint density at radius 2 is 2.09 bits per heavy atom. The van der Waals surface area contributed by atoms with Crippen LogP contribution in [0.25, 0.3) is 0 Å². The van der Waals surface area contributed by atoms with Crippen molar-refractivity contribution in [1.82, 2.24) is 5.32 Å². The molecule has 1 heterocycles. The van der Waals surface area contributed by atoms with Gasteiger partial charge in [-0.3, -0.25) is 4.79 Å². The summed E-state index contributed by atoms with van der Waals surface area (Å²) >= 11 is 0. The van der Waals surface area contributed by atoms with Crippen LogP contribution >= 0.6 is 0 Å². The Balaban J connectivity index is 2.27. The Bertz CT molecular complexity index is 482. The predicted molar refractivity (Wildman–Crippen MR) is 85.6 cm³/mol. The second-order valence-electron chi connectivity index (χ2n) is 6.90. The van der Waals surface area contributed by atoms with Gasteiger partial charge in [-0.1, -0.05) is 20.4 Å². The Morgan fingerprint density at radius 3 is 2.61 bits per heavy atom. The fraction of sp³-hybridized carbons (Fsp3) is 0.824. The van der Waals surface area contributed by atoms with Gasteiger partial charge in [0.15, 0.2) is 0 Å². The van der Waals surface area contributed by atoms with Gasteiger partial charge in [-0.15, -0.1) is 0 Å². The molecule has 2 fully saturated rings. The Kier molecular flexibility index (Phi) is 5.09. The van der Waals surface area contributed by atoms with Crippen molar-refractivity contribution in [2.75, 3.05) is 6.61 Å². The van der Waals surface area contributed by atoms with E-state index in [0.717, 1.165) is 0 Å². The number of amides is 1. The molecule has 0 spiro atoms. The molecule has 3 N–H and O–H groups in total. The van der Waals surface area contributed by atoms with Gasteiger partial charge in [-0.25, -0.2) is 0 Å². The van der Waals surface area contributed by atoms with Gasteiger partial charge >= 0.3 is 0 Å². The summed E-state index contributed by atoms with van der Waals surface area (Å²) in [6.45, 7) is 11.3. The van der Waals surface area contributed by atoms with Crippen LogP contribution in [0, 0.1) is 5.92 Å². The average molecular weight is 327 g/mol. The van der Waals surface area contributed by atoms with Gasteiger partial charge < -0.3 is 25.0 Å². The Labute approximate surface area is 137 Å². The van der Waals surface area contributed by atoms with Crippen LogP contribution in [0.2, 0.25) is 0 Å². The molecular weight excluding hydrogens is 298 g/mol. The number of hydrogen-bond acceptors (Lipinski definition) is 5. The van der Waals surface area contributed by atoms with Gasteiger partial charge in [0, 0.05) is 19.8 Å². The Morgan fingerprint density at radius 1 is 1.43 bits per heavy atom. The first-order valence-electron chi connectivity index (χ1n) is 8.34. The fourth-order valence-electron chi connectivity index (χ4n) is 3.90. The van der Waals surface area contributed by atoms with Crippen molar-refractivity contribution in [1.29, 1.82) is 0 Å². The number of aliphatic hydroxyl groups excluding tert-OH is 2. The smallest absolute Gasteiger partial charge is 0.217 e. The van der Waals surface area contributed by atoms with E-state index in [1.165, 1.54) is 6.92 Å². The molecule has 0 aromatic carbocycles. The third-order valence-electron chi connectivity index (χ3n) is 5.52. The maximum Gasteiger partial charge on any atom is 0.217 e. The van der Waals surface area contributed by atoms with E-state index < -0.39 is 29.3 Å². The van der Waals surface area contributed by atoms with Crippen LogP contribution < -0.4 is 5.32 Å². The SMILES string of the molecule is C=C(CC)OCC1C2O[C@](C)(CC)C2(NC(C)=O)CC(O)[C@@H]1O. The number of aliphatic hydroxyl groups is 2. The highest BCUT2D eigenvalue weighted by atomic mass is 16.6. The minimum Gasteiger partial charge on any atom is -0.498 e. The summed E-state index contributed by atoms with van der Waals surface area (Å²) in [5.74, 6) is 0.0349. The van der Waals surface area contributed by atoms with E-state index in [4.69, 9.17) is 9.47 Å². The molecule has 2 rings (SSSR count). The van der Waals surface area contributed by atoms with E-state index >= 15 is 0 Å². The number of nitrogens with one attached hydrogen (secondary N) is 1. The van der Waals surface area contributed by atoms with Crippen molar-refractivity contribution in [2.24, 2.45) is 5.92 Å². The largest absolute Gasteiger partial charge is 0.498 e. The zero-order valence-electron chi connectivity index (χ0n) is 14.5. The van der Waals surface area contributed by atoms with Gasteiger partial charge in [0.05, 0.1) is 47.7 Å². The van der Waals surface area contributed by atoms with Gasteiger partial charge in [0.2, 0.25) is 5.91 Å². The zero-order valence-corrected chi connectivity index (χ0v) is 14.5. The molecule has 23 heavy (non-hydrogen) atoms. The minimum atomic E-state index is -0.951. The minimum absolute atomic E-state index is 0.167. The van der Waals surface area contributed by atoms with Crippen LogP contribution in [0.15, 0.2) is 12.3 Å². The van der Waals surface area contributed by atoms with Crippen LogP contribution in [0.4, 0.5) is 0 Å². The molecule has 4 unspecified atom stereocenters. The van der Waals surface area contributed by atoms with Crippen LogP contribution in [-0.2, 0) is 14.3 Å². The highest BCUT2D eigenvalue weighted by molar-refractivity contribution is 5.74. The van der Waals surface area contributed by atoms with E-state index in [9.17, 15) is 15.0 Å². The number of ether oxygens (including phenoxy) is 2. The number of carbonyl (C=O) groups excluding carboxylic acids is 1. The number of carbonyl (C=O) groups is 1. The van der Waals surface area contributed by atoms with Crippen molar-refractivity contribution < 1.29 is 24.5 Å². The quantitative estimate of drug-likeness (QED) is 0.636. The van der Waals surface area contributed by atoms with E-state index in [-0.39, 0.29) is 25.0 Å². The van der Waals surface area contributed by atoms with Crippen molar-refractivity contribution in [3.05, 3.63) is 12.3 Å². The first-order chi connectivity index (χ1) is 10.7. The van der Waals surface area contributed by atoms with Crippen molar-refractivity contribution in [3.63, 3.8) is 0 Å². The molecule has 6 atom stereocenters. The summed E-state index contributed by atoms with van der Waals surface area (Å²) in [6.07, 6.45) is -0.625. The topological polar surface area (TPSA) is 88.0 Å². The average Bonchev–Trinajstić information content (AvgIpc) is 2.50. The van der Waals surface area contributed by atoms with E-state index in [1.54, 1.807) is 0 Å². The van der Waals surface area contributed by atoms with Crippen LogP contribution in [0.5, 0.6) is 0 Å². The molecule has 0 bridgehead atoms. The van der Waals surface area contributed by atoms with Gasteiger partial charge in [-0.05, 0) is 13.3 Å². The molecule has 1 saturated heterocycles. The first kappa shape index (κ1) is 18.2. The van der Waals surface area contributed by atoms with E-state index in [0.29, 0.717) is 18.6 Å². The second kappa shape index (κ2) is 6.42. The van der Waals surface area contributed by atoms with Gasteiger partial charge in [0.1, 0.15) is 0 Å². The van der Waals surface area contributed by atoms with Crippen LogP contribution in [0.1, 0.15) is 47.0 Å². The van der Waals surface area contributed by atoms with E-state index in [2.05, 4.69) is 11.9 Å². The van der Waals surface area contributed by atoms with Gasteiger partial charge in [-0.2, -0.15) is 0 Å². The molecule has 2 aliphatic rings. The lowest BCUT2D eigenvalue weighted by molar-refractivity contribution is -0.333. The summed E-state index contributed by atoms with van der Waals surface area (Å²) in [7, 11) is 0. The molecular formula is C17H29NO5. The molecule has 1 amide bonds. The van der Waals surface area contributed by atoms with Crippen molar-refractivity contribution >= 4 is 5.91 Å². The monoisotopic (exact) mass is 327 g/mol. The van der Waals surface area contributed by atoms with E-state index in [1.807, 2.05) is 20.8 Å². The van der Waals surface area contributed by atoms with Crippen LogP contribution in [0.3, 0.4) is 0 Å². The fourth-order valence-corrected chi connectivity index (χ4v) is 3.90. The molecule has 0 radical (unpaired) electrons. The lowest BCUT2D eigenvalue weighted by Gasteiger charge is -2.67. The number of rotatable bonds is 6. The summed E-state index contributed by atoms with van der Waals surface area (Å²) in [4.78, 5) is 11.8. The predicted octanol–water partition coefficient (Wildman–Crippen LogP) is 1.11. The molecule has 1 aliphatic carbocycles. The second-order valence-corrected chi connectivity index (χ2v) is 6.90. The zero-order chi connectivity index (χ0) is 17.4. The molecule has 6 heteroatoms. The lowest BCUT2D eigenvalue weighted by Crippen LogP contribution is -2.85. The molecule has 0 aromatic heterocycles. The van der Waals surface area contributed by atoms with Gasteiger partial charge in [0.25, 0.3) is 0 Å². The molecule has 132 valence electrons. The summed E-state index contributed by atoms with van der Waals surface area (Å²) < 4.78 is 11.7. The molecule has 6 nitrogen and oxygen atoms in total. The summed E-state index contributed by atoms with van der Waals surface area (Å²) in [5, 5.41) is 23.8. The molecule has 0 aromatic rings. The lowest BCUT2D eigenvalue weighted by atomic mass is 9.57.